The van der Waals surface area contributed by atoms with Crippen LogP contribution in [0.25, 0.3) is 0 Å². The molecule has 0 saturated carbocycles. The summed E-state index contributed by atoms with van der Waals surface area (Å²) in [5.41, 5.74) is 0. The van der Waals surface area contributed by atoms with Crippen LogP contribution in [0.5, 0.6) is 0 Å². The van der Waals surface area contributed by atoms with E-state index in [4.69, 9.17) is 71.1 Å². The van der Waals surface area contributed by atoms with Gasteiger partial charge in [0.1, 0.15) is 59.5 Å². The molecule has 0 atom stereocenters. The van der Waals surface area contributed by atoms with E-state index in [9.17, 15) is 57.5 Å². The van der Waals surface area contributed by atoms with Crippen LogP contribution < -0.4 is 0 Å². The number of alkyl halides is 18. The summed E-state index contributed by atoms with van der Waals surface area (Å²) in [5, 5.41) is 0. The Morgan fingerprint density at radius 3 is 0.545 bits per heavy atom. The number of hydrogen-bond donors (Lipinski definition) is 0. The average Bonchev–Trinajstić information content (AvgIpc) is 2.41. The van der Waals surface area contributed by atoms with E-state index < -0.39 is 107 Å². The van der Waals surface area contributed by atoms with Gasteiger partial charge in [0.2, 0.25) is 0 Å². The zero-order chi connectivity index (χ0) is 75.7. The minimum absolute atomic E-state index is 0.156. The lowest BCUT2D eigenvalue weighted by Crippen LogP contribution is -2.40. The maximum absolute atomic E-state index is 12.1. The van der Waals surface area contributed by atoms with Crippen molar-refractivity contribution in [3.63, 3.8) is 0 Å². The normalized spacial score (nSPS) is 11.2. The van der Waals surface area contributed by atoms with Crippen LogP contribution in [0.1, 0.15) is 19.3 Å². The highest BCUT2D eigenvalue weighted by Gasteiger charge is 2.23. The smallest absolute Gasteiger partial charge is 0.330 e. The molecule has 30 nitrogen and oxygen atoms in total. The minimum Gasteiger partial charge on any atom is -0.464 e. The van der Waals surface area contributed by atoms with Crippen molar-refractivity contribution in [2.24, 2.45) is 0 Å². The number of esters is 12. The fourth-order valence-electron chi connectivity index (χ4n) is 5.86. The van der Waals surface area contributed by atoms with Gasteiger partial charge in [-0.2, -0.15) is 0 Å². The molecule has 0 aliphatic carbocycles. The molecule has 0 saturated heterocycles. The third-order valence-corrected chi connectivity index (χ3v) is 16.8. The van der Waals surface area contributed by atoms with Crippen molar-refractivity contribution in [1.82, 2.24) is 14.7 Å². The van der Waals surface area contributed by atoms with E-state index >= 15 is 0 Å². The Bertz CT molecular complexity index is 2070. The molecule has 0 spiro atoms. The van der Waals surface area contributed by atoms with Crippen molar-refractivity contribution >= 4 is 358 Å². The molecular formula is C51H69Br18N3O27. The van der Waals surface area contributed by atoms with Crippen molar-refractivity contribution in [3.05, 3.63) is 0 Å². The van der Waals surface area contributed by atoms with E-state index in [0.29, 0.717) is 98.2 Å². The first-order chi connectivity index (χ1) is 46.6. The molecule has 0 radical (unpaired) electrons. The third-order valence-electron chi connectivity index (χ3n) is 10.1. The van der Waals surface area contributed by atoms with Crippen LogP contribution in [0.15, 0.2) is 0 Å². The molecule has 0 rings (SSSR count). The Balaban J connectivity index is -0.00000141. The van der Waals surface area contributed by atoms with E-state index in [1.54, 1.807) is 0 Å². The van der Waals surface area contributed by atoms with Crippen molar-refractivity contribution in [2.75, 3.05) is 178 Å². The number of nitrogens with zero attached hydrogens (tertiary/aromatic N) is 3. The van der Waals surface area contributed by atoms with E-state index in [0.717, 1.165) is 4.90 Å². The average molecular weight is 2590 g/mol. The SMILES string of the molecule is O=C(CN(CC(=O)OCCOC(=O)C(Br)Br)CC(=O)OCCOC(=O)C(Br)Br)OCCOC(=O)C(Br)Br.O=C(OCCCN(CCCOC(=O)C(Br)Br)CCCOC(=O)C(Br)Br)C(Br)Br.O=C(OCCOCCN(CCOCCOC(=O)C(Br)Br)CCOCCOC(=O)C(Br)Br)C(Br)Br. The highest BCUT2D eigenvalue weighted by molar-refractivity contribution is 9.27. The van der Waals surface area contributed by atoms with E-state index in [1.807, 2.05) is 0 Å². The molecule has 99 heavy (non-hydrogen) atoms. The molecular weight excluding hydrogens is 2520 g/mol. The molecule has 0 unspecified atom stereocenters. The first-order valence-corrected chi connectivity index (χ1v) is 44.5. The monoisotopic (exact) mass is 2580 g/mol. The highest BCUT2D eigenvalue weighted by atomic mass is 80.0. The number of rotatable bonds is 54. The van der Waals surface area contributed by atoms with E-state index in [1.165, 1.54) is 0 Å². The Kier molecular flexibility index (Phi) is 73.6. The van der Waals surface area contributed by atoms with Crippen LogP contribution in [0, 0.1) is 0 Å². The lowest BCUT2D eigenvalue weighted by atomic mass is 10.3. The van der Waals surface area contributed by atoms with Crippen LogP contribution in [0.2, 0.25) is 0 Å². The first-order valence-electron chi connectivity index (χ1n) is 28.0. The minimum atomic E-state index is -0.824. The van der Waals surface area contributed by atoms with E-state index in [-0.39, 0.29) is 97.2 Å². The summed E-state index contributed by atoms with van der Waals surface area (Å²) in [7, 11) is 0. The van der Waals surface area contributed by atoms with Crippen molar-refractivity contribution in [2.45, 2.75) is 52.9 Å². The summed E-state index contributed by atoms with van der Waals surface area (Å²) in [6, 6.07) is 0. The summed E-state index contributed by atoms with van der Waals surface area (Å²) < 4.78 is 70.7. The molecule has 48 heteroatoms. The van der Waals surface area contributed by atoms with Gasteiger partial charge in [-0.3, -0.25) is 24.2 Å². The second-order valence-corrected chi connectivity index (χ2v) is 45.1. The Morgan fingerprint density at radius 2 is 0.354 bits per heavy atom. The van der Waals surface area contributed by atoms with Gasteiger partial charge < -0.3 is 76.0 Å². The van der Waals surface area contributed by atoms with Gasteiger partial charge in [0.25, 0.3) is 0 Å². The molecule has 0 fully saturated rings. The number of hydrogen-bond acceptors (Lipinski definition) is 30. The lowest BCUT2D eigenvalue weighted by molar-refractivity contribution is -0.158. The van der Waals surface area contributed by atoms with Crippen molar-refractivity contribution in [3.8, 4) is 0 Å². The number of carbonyl (C=O) groups is 12. The maximum atomic E-state index is 12.1. The van der Waals surface area contributed by atoms with E-state index in [2.05, 4.69) is 297 Å². The predicted molar refractivity (Wildman–Crippen MR) is 422 cm³/mol. The van der Waals surface area contributed by atoms with Gasteiger partial charge in [0, 0.05) is 39.3 Å². The summed E-state index contributed by atoms with van der Waals surface area (Å²) in [4.78, 5) is 144. The zero-order valence-corrected chi connectivity index (χ0v) is 80.1. The first kappa shape index (κ1) is 105. The Labute approximate surface area is 723 Å². The molecule has 0 heterocycles. The van der Waals surface area contributed by atoms with Gasteiger partial charge in [0.15, 0.2) is 33.6 Å². The molecule has 0 aromatic rings. The van der Waals surface area contributed by atoms with Crippen LogP contribution in [-0.2, 0) is 129 Å². The molecule has 576 valence electrons. The predicted octanol–water partition coefficient (Wildman–Crippen LogP) is 9.65. The summed E-state index contributed by atoms with van der Waals surface area (Å²) in [5.74, 6) is -6.69. The molecule has 0 aromatic heterocycles. The van der Waals surface area contributed by atoms with Gasteiger partial charge in [-0.15, -0.1) is 0 Å². The number of halogens is 18. The molecule has 0 amide bonds. The van der Waals surface area contributed by atoms with Crippen LogP contribution in [0.3, 0.4) is 0 Å². The summed E-state index contributed by atoms with van der Waals surface area (Å²) in [6.45, 7) is 4.43. The maximum Gasteiger partial charge on any atom is 0.330 e. The van der Waals surface area contributed by atoms with Gasteiger partial charge in [-0.1, -0.05) is 287 Å². The Hall–Kier alpha value is 2.04. The molecule has 0 aliphatic rings. The summed E-state index contributed by atoms with van der Waals surface area (Å²) >= 11 is 54.6. The Morgan fingerprint density at radius 1 is 0.192 bits per heavy atom. The van der Waals surface area contributed by atoms with Gasteiger partial charge in [-0.05, 0) is 19.3 Å². The van der Waals surface area contributed by atoms with Gasteiger partial charge in [0.05, 0.1) is 79.1 Å². The van der Waals surface area contributed by atoms with Gasteiger partial charge >= 0.3 is 71.6 Å². The zero-order valence-electron chi connectivity index (χ0n) is 51.6. The fraction of sp³-hybridized carbons (Fsp3) is 0.765. The van der Waals surface area contributed by atoms with Crippen LogP contribution in [0.4, 0.5) is 0 Å². The summed E-state index contributed by atoms with van der Waals surface area (Å²) in [6.07, 6.45) is 1.98. The quantitative estimate of drug-likeness (QED) is 0.0236. The molecule has 0 N–H and O–H groups in total. The second kappa shape index (κ2) is 69.2. The number of carbonyl (C=O) groups excluding carboxylic acids is 12. The lowest BCUT2D eigenvalue weighted by Gasteiger charge is -2.22. The largest absolute Gasteiger partial charge is 0.464 e. The van der Waals surface area contributed by atoms with Crippen LogP contribution >= 0.6 is 287 Å². The standard InChI is InChI=1S/C18H21Br6NO12.C18H27Br6NO9.C15H21Br6NO6/c19-13(20)16(29)35-4-1-32-10(26)7-25(8-11(27)33-2-5-36-17(30)14(21)22)9-12(28)34-3-6-37-18(31)15(23)24;19-13(20)16(26)32-10-7-29-4-1-25(2-5-30-8-11-33-17(27)14(21)22)3-6-31-9-12-34-18(28)15(23)24;16-10(17)13(23)26-7-1-4-22(5-2-8-27-14(24)11(18)19)6-3-9-28-15(25)12(20)21/h13-15H,1-9H2;13-15H,1-12H2;10-12H,1-9H2. The van der Waals surface area contributed by atoms with Crippen LogP contribution in [-0.4, -0.2) is 298 Å². The molecule has 0 aromatic carbocycles. The fourth-order valence-corrected chi connectivity index (χ4v) is 8.24. The van der Waals surface area contributed by atoms with Gasteiger partial charge in [-0.25, -0.2) is 43.2 Å². The number of ether oxygens (including phenoxy) is 15. The van der Waals surface area contributed by atoms with Crippen molar-refractivity contribution in [1.29, 1.82) is 0 Å². The molecule has 0 bridgehead atoms. The molecule has 0 aliphatic heterocycles. The highest BCUT2D eigenvalue weighted by Crippen LogP contribution is 2.16. The van der Waals surface area contributed by atoms with Crippen molar-refractivity contribution < 1.29 is 129 Å². The topological polar surface area (TPSA) is 353 Å². The second-order valence-electron chi connectivity index (χ2n) is 17.6. The third kappa shape index (κ3) is 67.9.